The third-order valence-corrected chi connectivity index (χ3v) is 2.95. The fourth-order valence-corrected chi connectivity index (χ4v) is 1.66. The van der Waals surface area contributed by atoms with Gasteiger partial charge in [-0.2, -0.15) is 6.42 Å². The predicted octanol–water partition coefficient (Wildman–Crippen LogP) is 4.19. The molecule has 19 heavy (non-hydrogen) atoms. The molecular weight excluding hydrogens is 386 g/mol. The SMILES string of the molecule is CCCCCCCCOP(O)(O)=S.[CH2-]CCC.[Zn].[Zn]. The Balaban J connectivity index is -0.000000165. The van der Waals surface area contributed by atoms with E-state index in [0.29, 0.717) is 6.61 Å². The molecule has 0 aliphatic carbocycles. The number of rotatable bonds is 9. The summed E-state index contributed by atoms with van der Waals surface area (Å²) >= 11 is 4.30. The van der Waals surface area contributed by atoms with Crippen LogP contribution in [0.15, 0.2) is 0 Å². The Bertz CT molecular complexity index is 190. The van der Waals surface area contributed by atoms with Gasteiger partial charge in [-0.05, 0) is 18.2 Å². The average molecular weight is 414 g/mol. The van der Waals surface area contributed by atoms with Crippen LogP contribution >= 0.6 is 6.72 Å². The van der Waals surface area contributed by atoms with Crippen molar-refractivity contribution in [3.8, 4) is 0 Å². The van der Waals surface area contributed by atoms with E-state index < -0.39 is 6.72 Å². The van der Waals surface area contributed by atoms with Crippen LogP contribution in [0.5, 0.6) is 0 Å². The second-order valence-corrected chi connectivity index (χ2v) is 6.61. The van der Waals surface area contributed by atoms with Gasteiger partial charge in [0, 0.05) is 39.0 Å². The summed E-state index contributed by atoms with van der Waals surface area (Å²) in [5.74, 6) is 0. The molecule has 2 N–H and O–H groups in total. The van der Waals surface area contributed by atoms with Gasteiger partial charge in [0.25, 0.3) is 0 Å². The van der Waals surface area contributed by atoms with Crippen molar-refractivity contribution < 1.29 is 53.3 Å². The van der Waals surface area contributed by atoms with Gasteiger partial charge in [-0.25, -0.2) is 0 Å². The van der Waals surface area contributed by atoms with Crippen molar-refractivity contribution in [3.05, 3.63) is 6.92 Å². The molecule has 0 aromatic rings. The summed E-state index contributed by atoms with van der Waals surface area (Å²) in [6.45, 7) is 4.88. The van der Waals surface area contributed by atoms with E-state index in [9.17, 15) is 0 Å². The quantitative estimate of drug-likeness (QED) is 0.257. The van der Waals surface area contributed by atoms with Gasteiger partial charge < -0.3 is 21.2 Å². The van der Waals surface area contributed by atoms with E-state index in [4.69, 9.17) is 9.79 Å². The topological polar surface area (TPSA) is 49.7 Å². The van der Waals surface area contributed by atoms with Gasteiger partial charge in [0.1, 0.15) is 0 Å². The molecule has 0 fully saturated rings. The van der Waals surface area contributed by atoms with Crippen LogP contribution < -0.4 is 0 Å². The number of hydrogen-bond acceptors (Lipinski definition) is 2. The van der Waals surface area contributed by atoms with E-state index in [2.05, 4.69) is 37.1 Å². The summed E-state index contributed by atoms with van der Waals surface area (Å²) in [6, 6.07) is 0. The normalized spacial score (nSPS) is 9.74. The fourth-order valence-electron chi connectivity index (χ4n) is 1.07. The summed E-state index contributed by atoms with van der Waals surface area (Å²) < 4.78 is 4.67. The first-order valence-corrected chi connectivity index (χ1v) is 9.09. The third-order valence-electron chi connectivity index (χ3n) is 2.11. The first kappa shape index (κ1) is 28.9. The zero-order valence-corrected chi connectivity index (χ0v) is 20.3. The van der Waals surface area contributed by atoms with Crippen LogP contribution in [0.3, 0.4) is 0 Å². The monoisotopic (exact) mass is 411 g/mol. The molecule has 0 spiro atoms. The molecule has 0 heterocycles. The fraction of sp³-hybridized carbons (Fsp3) is 0.917. The smallest absolute Gasteiger partial charge is 0.321 e. The van der Waals surface area contributed by atoms with Crippen LogP contribution in [-0.4, -0.2) is 16.4 Å². The van der Waals surface area contributed by atoms with E-state index in [1.165, 1.54) is 32.1 Å². The molecule has 0 aliphatic rings. The van der Waals surface area contributed by atoms with Crippen molar-refractivity contribution in [2.45, 2.75) is 65.2 Å². The van der Waals surface area contributed by atoms with E-state index in [-0.39, 0.29) is 39.0 Å². The maximum absolute atomic E-state index is 8.72. The molecule has 0 radical (unpaired) electrons. The van der Waals surface area contributed by atoms with E-state index >= 15 is 0 Å². The van der Waals surface area contributed by atoms with Crippen LogP contribution in [0.1, 0.15) is 65.2 Å². The molecule has 0 aliphatic heterocycles. The summed E-state index contributed by atoms with van der Waals surface area (Å²) in [7, 11) is 0. The summed E-state index contributed by atoms with van der Waals surface area (Å²) in [6.07, 6.45) is 9.18. The van der Waals surface area contributed by atoms with Crippen LogP contribution in [0.4, 0.5) is 0 Å². The molecular formula is C12H28O3PSZn2-. The number of hydrogen-bond donors (Lipinski definition) is 2. The Morgan fingerprint density at radius 1 is 0.947 bits per heavy atom. The van der Waals surface area contributed by atoms with Crippen LogP contribution in [-0.2, 0) is 55.3 Å². The average Bonchev–Trinajstić information content (AvgIpc) is 2.27. The van der Waals surface area contributed by atoms with Crippen molar-refractivity contribution in [1.82, 2.24) is 0 Å². The van der Waals surface area contributed by atoms with Gasteiger partial charge in [-0.15, -0.1) is 0 Å². The Morgan fingerprint density at radius 2 is 1.37 bits per heavy atom. The van der Waals surface area contributed by atoms with Gasteiger partial charge in [0.05, 0.1) is 6.61 Å². The maximum Gasteiger partial charge on any atom is 0.321 e. The van der Waals surface area contributed by atoms with Crippen molar-refractivity contribution in [3.63, 3.8) is 0 Å². The predicted molar refractivity (Wildman–Crippen MR) is 78.3 cm³/mol. The van der Waals surface area contributed by atoms with Gasteiger partial charge in [-0.1, -0.05) is 52.4 Å². The Hall–Kier alpha value is 1.78. The van der Waals surface area contributed by atoms with E-state index in [1.54, 1.807) is 0 Å². The van der Waals surface area contributed by atoms with Crippen molar-refractivity contribution in [1.29, 1.82) is 0 Å². The number of unbranched alkanes of at least 4 members (excludes halogenated alkanes) is 6. The largest absolute Gasteiger partial charge is 0.343 e. The van der Waals surface area contributed by atoms with Gasteiger partial charge in [0.2, 0.25) is 0 Å². The van der Waals surface area contributed by atoms with Crippen LogP contribution in [0.2, 0.25) is 0 Å². The molecule has 0 atom stereocenters. The third kappa shape index (κ3) is 38.3. The van der Waals surface area contributed by atoms with Crippen molar-refractivity contribution in [2.24, 2.45) is 0 Å². The zero-order chi connectivity index (χ0) is 13.6. The Morgan fingerprint density at radius 3 is 1.74 bits per heavy atom. The maximum atomic E-state index is 8.72. The Kier molecular flexibility index (Phi) is 33.5. The molecule has 0 bridgehead atoms. The Labute approximate surface area is 150 Å². The second-order valence-electron chi connectivity index (χ2n) is 3.95. The molecule has 0 aromatic heterocycles. The van der Waals surface area contributed by atoms with Gasteiger partial charge in [0.15, 0.2) is 0 Å². The first-order valence-electron chi connectivity index (χ1n) is 6.47. The van der Waals surface area contributed by atoms with E-state index in [1.807, 2.05) is 0 Å². The molecule has 0 rings (SSSR count). The summed E-state index contributed by atoms with van der Waals surface area (Å²) in [5.41, 5.74) is 0. The zero-order valence-electron chi connectivity index (χ0n) is 12.6. The molecule has 0 saturated heterocycles. The molecule has 0 aromatic carbocycles. The molecule has 0 amide bonds. The molecule has 0 saturated carbocycles. The second kappa shape index (κ2) is 22.1. The molecule has 0 unspecified atom stereocenters. The van der Waals surface area contributed by atoms with Crippen molar-refractivity contribution in [2.75, 3.05) is 6.61 Å². The molecule has 110 valence electrons. The molecule has 3 nitrogen and oxygen atoms in total. The van der Waals surface area contributed by atoms with Crippen LogP contribution in [0.25, 0.3) is 0 Å². The molecule has 7 heteroatoms. The summed E-state index contributed by atoms with van der Waals surface area (Å²) in [4.78, 5) is 17.4. The minimum Gasteiger partial charge on any atom is -0.343 e. The standard InChI is InChI=1S/C8H19O3PS.C4H9.2Zn/c1-2-3-4-5-6-7-8-11-12(9,10)13;1-3-4-2;;/h2-8H2,1H3,(H2,9,10,13);1,3-4H2,2H3;;/q;-1;;. The first-order chi connectivity index (χ1) is 7.97. The van der Waals surface area contributed by atoms with Gasteiger partial charge in [-0.3, -0.25) is 0 Å². The van der Waals surface area contributed by atoms with Crippen LogP contribution in [0, 0.1) is 6.92 Å². The van der Waals surface area contributed by atoms with Gasteiger partial charge >= 0.3 is 6.72 Å². The minimum atomic E-state index is -3.39. The van der Waals surface area contributed by atoms with Crippen molar-refractivity contribution >= 4 is 18.5 Å². The minimum absolute atomic E-state index is 0. The van der Waals surface area contributed by atoms with E-state index in [0.717, 1.165) is 19.3 Å². The summed E-state index contributed by atoms with van der Waals surface area (Å²) in [5, 5.41) is 0.